The molecule has 71 heavy (non-hydrogen) atoms. The third-order valence-electron chi connectivity index (χ3n) is 12.0. The van der Waals surface area contributed by atoms with Crippen LogP contribution in [0.2, 0.25) is 0 Å². The van der Waals surface area contributed by atoms with Gasteiger partial charge in [-0.3, -0.25) is 14.4 Å². The fraction of sp³-hybridized carbons (Fsp3) is 0.646. The SMILES string of the molecule is CC/C=C\C/C=C\C/C=C\C/C=C\C/C=C\C/C=C\CCC(=O)OC(COC(=O)CCCCCCCCCC/C=C\C/C=C\C/C=C\C/C=C\CC)COC(=O)CCCCCCCCCCCCCCC. The van der Waals surface area contributed by atoms with Crippen molar-refractivity contribution in [2.24, 2.45) is 0 Å². The van der Waals surface area contributed by atoms with Crippen LogP contribution in [0.3, 0.4) is 0 Å². The monoisotopic (exact) mass is 983 g/mol. The largest absolute Gasteiger partial charge is 0.462 e. The lowest BCUT2D eigenvalue weighted by atomic mass is 10.0. The van der Waals surface area contributed by atoms with Gasteiger partial charge in [0.15, 0.2) is 6.10 Å². The number of allylic oxidation sites excluding steroid dienone is 20. The zero-order chi connectivity index (χ0) is 51.4. The first-order chi connectivity index (χ1) is 35.0. The third kappa shape index (κ3) is 56.6. The molecule has 0 aliphatic rings. The Morgan fingerprint density at radius 1 is 0.296 bits per heavy atom. The van der Waals surface area contributed by atoms with Crippen LogP contribution in [0.4, 0.5) is 0 Å². The van der Waals surface area contributed by atoms with Crippen LogP contribution < -0.4 is 0 Å². The summed E-state index contributed by atoms with van der Waals surface area (Å²) in [5.41, 5.74) is 0. The molecule has 0 aromatic carbocycles. The number of carbonyl (C=O) groups excluding carboxylic acids is 3. The Morgan fingerprint density at radius 3 is 0.915 bits per heavy atom. The van der Waals surface area contributed by atoms with E-state index in [-0.39, 0.29) is 31.6 Å². The van der Waals surface area contributed by atoms with Gasteiger partial charge in [-0.1, -0.05) is 258 Å². The molecular weight excluding hydrogens is 877 g/mol. The van der Waals surface area contributed by atoms with Crippen molar-refractivity contribution < 1.29 is 28.6 Å². The van der Waals surface area contributed by atoms with Gasteiger partial charge in [-0.15, -0.1) is 0 Å². The maximum absolute atomic E-state index is 12.8. The van der Waals surface area contributed by atoms with Gasteiger partial charge in [-0.05, 0) is 96.3 Å². The van der Waals surface area contributed by atoms with Gasteiger partial charge in [-0.25, -0.2) is 0 Å². The minimum Gasteiger partial charge on any atom is -0.462 e. The average Bonchev–Trinajstić information content (AvgIpc) is 3.37. The lowest BCUT2D eigenvalue weighted by molar-refractivity contribution is -0.166. The molecule has 0 saturated carbocycles. The smallest absolute Gasteiger partial charge is 0.306 e. The van der Waals surface area contributed by atoms with E-state index in [9.17, 15) is 14.4 Å². The van der Waals surface area contributed by atoms with Gasteiger partial charge in [0.1, 0.15) is 13.2 Å². The van der Waals surface area contributed by atoms with Crippen LogP contribution in [0.1, 0.15) is 252 Å². The van der Waals surface area contributed by atoms with Crippen molar-refractivity contribution in [2.75, 3.05) is 13.2 Å². The van der Waals surface area contributed by atoms with Gasteiger partial charge in [0.05, 0.1) is 0 Å². The van der Waals surface area contributed by atoms with Crippen molar-refractivity contribution in [1.82, 2.24) is 0 Å². The summed E-state index contributed by atoms with van der Waals surface area (Å²) < 4.78 is 16.8. The molecule has 6 heteroatoms. The van der Waals surface area contributed by atoms with Crippen molar-refractivity contribution in [3.05, 3.63) is 122 Å². The first-order valence-corrected chi connectivity index (χ1v) is 29.0. The number of carbonyl (C=O) groups is 3. The topological polar surface area (TPSA) is 78.9 Å². The van der Waals surface area contributed by atoms with Crippen LogP contribution in [-0.4, -0.2) is 37.2 Å². The molecule has 0 aliphatic carbocycles. The first kappa shape index (κ1) is 66.8. The lowest BCUT2D eigenvalue weighted by Crippen LogP contribution is -2.30. The molecule has 0 amide bonds. The minimum absolute atomic E-state index is 0.111. The average molecular weight is 984 g/mol. The molecule has 0 heterocycles. The fourth-order valence-corrected chi connectivity index (χ4v) is 7.69. The number of esters is 3. The summed E-state index contributed by atoms with van der Waals surface area (Å²) >= 11 is 0. The Labute approximate surface area is 437 Å². The predicted molar refractivity (Wildman–Crippen MR) is 306 cm³/mol. The molecular formula is C65H106O6. The molecule has 402 valence electrons. The predicted octanol–water partition coefficient (Wildman–Crippen LogP) is 19.6. The molecule has 6 nitrogen and oxygen atoms in total. The number of unbranched alkanes of at least 4 members (excludes halogenated alkanes) is 20. The summed E-state index contributed by atoms with van der Waals surface area (Å²) in [6, 6.07) is 0. The minimum atomic E-state index is -0.824. The normalized spacial score (nSPS) is 13.0. The van der Waals surface area contributed by atoms with Crippen molar-refractivity contribution in [2.45, 2.75) is 258 Å². The van der Waals surface area contributed by atoms with Crippen molar-refractivity contribution >= 4 is 17.9 Å². The Hall–Kier alpha value is -4.19. The van der Waals surface area contributed by atoms with E-state index >= 15 is 0 Å². The highest BCUT2D eigenvalue weighted by Gasteiger charge is 2.19. The fourth-order valence-electron chi connectivity index (χ4n) is 7.69. The molecule has 0 bridgehead atoms. The van der Waals surface area contributed by atoms with Gasteiger partial charge in [-0.2, -0.15) is 0 Å². The summed E-state index contributed by atoms with van der Waals surface area (Å²) in [5.74, 6) is -1.00. The highest BCUT2D eigenvalue weighted by molar-refractivity contribution is 5.71. The van der Waals surface area contributed by atoms with E-state index in [0.29, 0.717) is 19.3 Å². The van der Waals surface area contributed by atoms with E-state index in [1.807, 2.05) is 6.08 Å². The van der Waals surface area contributed by atoms with Crippen LogP contribution in [-0.2, 0) is 28.6 Å². The zero-order valence-corrected chi connectivity index (χ0v) is 45.9. The summed E-state index contributed by atoms with van der Waals surface area (Å²) in [7, 11) is 0. The van der Waals surface area contributed by atoms with Gasteiger partial charge < -0.3 is 14.2 Å². The Morgan fingerprint density at radius 2 is 0.577 bits per heavy atom. The summed E-state index contributed by atoms with van der Waals surface area (Å²) in [5, 5.41) is 0. The molecule has 0 saturated heterocycles. The van der Waals surface area contributed by atoms with Crippen LogP contribution in [0.15, 0.2) is 122 Å². The quantitative estimate of drug-likeness (QED) is 0.0261. The second-order valence-corrected chi connectivity index (χ2v) is 18.8. The number of ether oxygens (including phenoxy) is 3. The zero-order valence-electron chi connectivity index (χ0n) is 45.9. The molecule has 0 aromatic heterocycles. The number of hydrogen-bond acceptors (Lipinski definition) is 6. The van der Waals surface area contributed by atoms with E-state index in [1.165, 1.54) is 96.3 Å². The molecule has 0 radical (unpaired) electrons. The molecule has 0 rings (SSSR count). The molecule has 0 fully saturated rings. The molecule has 1 unspecified atom stereocenters. The first-order valence-electron chi connectivity index (χ1n) is 29.0. The van der Waals surface area contributed by atoms with E-state index in [4.69, 9.17) is 14.2 Å². The van der Waals surface area contributed by atoms with Crippen molar-refractivity contribution in [3.8, 4) is 0 Å². The van der Waals surface area contributed by atoms with Gasteiger partial charge >= 0.3 is 17.9 Å². The highest BCUT2D eigenvalue weighted by atomic mass is 16.6. The van der Waals surface area contributed by atoms with E-state index in [0.717, 1.165) is 109 Å². The lowest BCUT2D eigenvalue weighted by Gasteiger charge is -2.18. The van der Waals surface area contributed by atoms with Crippen molar-refractivity contribution in [1.29, 1.82) is 0 Å². The molecule has 0 N–H and O–H groups in total. The van der Waals surface area contributed by atoms with E-state index < -0.39 is 12.1 Å². The van der Waals surface area contributed by atoms with Crippen LogP contribution in [0.25, 0.3) is 0 Å². The van der Waals surface area contributed by atoms with Crippen LogP contribution in [0, 0.1) is 0 Å². The standard InChI is InChI=1S/C65H106O6/c1-4-7-10-13-16-19-22-25-27-29-31-32-34-35-37-40-43-46-49-52-55-58-64(67)70-61-62(60-69-63(66)57-54-51-48-45-42-39-24-21-18-15-12-9-6-3)71-65(68)59-56-53-50-47-44-41-38-36-33-30-28-26-23-20-17-14-11-8-5-2/h7-8,10-11,16-17,19-20,25-28,31-33,36,41,44,50,53,62H,4-6,9,12-15,18,21-24,29-30,34-35,37-40,42-43,45-49,51-52,54-61H2,1-3H3/b10-7-,11-8-,19-16-,20-17-,27-25-,28-26-,32-31-,36-33-,44-41-,53-50-. The van der Waals surface area contributed by atoms with E-state index in [1.54, 1.807) is 0 Å². The summed E-state index contributed by atoms with van der Waals surface area (Å²) in [4.78, 5) is 38.1. The van der Waals surface area contributed by atoms with E-state index in [2.05, 4.69) is 136 Å². The second-order valence-electron chi connectivity index (χ2n) is 18.8. The third-order valence-corrected chi connectivity index (χ3v) is 12.0. The summed E-state index contributed by atoms with van der Waals surface area (Å²) in [6.07, 6.45) is 80.6. The van der Waals surface area contributed by atoms with Crippen LogP contribution >= 0.6 is 0 Å². The van der Waals surface area contributed by atoms with Gasteiger partial charge in [0.25, 0.3) is 0 Å². The Bertz CT molecular complexity index is 1500. The Balaban J connectivity index is 4.49. The van der Waals surface area contributed by atoms with Crippen molar-refractivity contribution in [3.63, 3.8) is 0 Å². The number of rotatable bonds is 51. The molecule has 0 aliphatic heterocycles. The number of hydrogen-bond donors (Lipinski definition) is 0. The maximum Gasteiger partial charge on any atom is 0.306 e. The molecule has 0 spiro atoms. The van der Waals surface area contributed by atoms with Gasteiger partial charge in [0.2, 0.25) is 0 Å². The maximum atomic E-state index is 12.8. The summed E-state index contributed by atoms with van der Waals surface area (Å²) in [6.45, 7) is 6.35. The second kappa shape index (κ2) is 58.4. The van der Waals surface area contributed by atoms with Crippen LogP contribution in [0.5, 0.6) is 0 Å². The molecule has 0 aromatic rings. The molecule has 1 atom stereocenters. The van der Waals surface area contributed by atoms with Gasteiger partial charge in [0, 0.05) is 19.3 Å². The highest BCUT2D eigenvalue weighted by Crippen LogP contribution is 2.15. The Kier molecular flexibility index (Phi) is 54.9.